The molecule has 0 amide bonds. The van der Waals surface area contributed by atoms with Crippen LogP contribution in [-0.4, -0.2) is 17.8 Å². The van der Waals surface area contributed by atoms with E-state index in [9.17, 15) is 0 Å². The summed E-state index contributed by atoms with van der Waals surface area (Å²) in [5.74, 6) is 0.0778. The van der Waals surface area contributed by atoms with E-state index in [1.54, 1.807) is 6.08 Å². The van der Waals surface area contributed by atoms with E-state index >= 15 is 0 Å². The molecule has 0 aliphatic rings. The Kier molecular flexibility index (Phi) is 4.62. The molecule has 1 unspecified atom stereocenters. The molecule has 0 aromatic carbocycles. The van der Waals surface area contributed by atoms with Gasteiger partial charge in [-0.3, -0.25) is 0 Å². The molecule has 0 spiro atoms. The van der Waals surface area contributed by atoms with E-state index in [2.05, 4.69) is 6.58 Å². The predicted molar refractivity (Wildman–Crippen MR) is 46.6 cm³/mol. The van der Waals surface area contributed by atoms with Gasteiger partial charge in [-0.05, 0) is 32.4 Å². The Bertz CT molecular complexity index is 159. The van der Waals surface area contributed by atoms with Crippen molar-refractivity contribution in [2.75, 3.05) is 6.61 Å². The first kappa shape index (κ1) is 10.2. The zero-order chi connectivity index (χ0) is 8.85. The molecule has 11 heavy (non-hydrogen) atoms. The van der Waals surface area contributed by atoms with Gasteiger partial charge in [0.1, 0.15) is 5.76 Å². The second-order valence-electron chi connectivity index (χ2n) is 2.48. The SMILES string of the molecule is C=C(O)/C=C(/C)C(C)OCC. The van der Waals surface area contributed by atoms with Gasteiger partial charge in [-0.2, -0.15) is 0 Å². The third kappa shape index (κ3) is 4.62. The molecular formula is C9H16O2. The van der Waals surface area contributed by atoms with Crippen LogP contribution < -0.4 is 0 Å². The van der Waals surface area contributed by atoms with Gasteiger partial charge < -0.3 is 9.84 Å². The predicted octanol–water partition coefficient (Wildman–Crippen LogP) is 2.43. The van der Waals surface area contributed by atoms with E-state index in [-0.39, 0.29) is 11.9 Å². The molecule has 0 bridgehead atoms. The Balaban J connectivity index is 4.00. The zero-order valence-corrected chi connectivity index (χ0v) is 7.42. The van der Waals surface area contributed by atoms with Crippen LogP contribution in [0.4, 0.5) is 0 Å². The van der Waals surface area contributed by atoms with Gasteiger partial charge >= 0.3 is 0 Å². The lowest BCUT2D eigenvalue weighted by Crippen LogP contribution is -2.09. The zero-order valence-electron chi connectivity index (χ0n) is 7.42. The first-order chi connectivity index (χ1) is 5.07. The monoisotopic (exact) mass is 156 g/mol. The average Bonchev–Trinajstić information content (AvgIpc) is 1.86. The second-order valence-corrected chi connectivity index (χ2v) is 2.48. The summed E-state index contributed by atoms with van der Waals surface area (Å²) in [4.78, 5) is 0. The second kappa shape index (κ2) is 4.97. The fourth-order valence-corrected chi connectivity index (χ4v) is 0.762. The van der Waals surface area contributed by atoms with Crippen molar-refractivity contribution in [2.24, 2.45) is 0 Å². The van der Waals surface area contributed by atoms with Crippen molar-refractivity contribution < 1.29 is 9.84 Å². The standard InChI is InChI=1S/C9H16O2/c1-5-11-9(4)7(2)6-8(3)10/h6,9-10H,3,5H2,1-2,4H3/b7-6-. The summed E-state index contributed by atoms with van der Waals surface area (Å²) in [5, 5.41) is 8.81. The fourth-order valence-electron chi connectivity index (χ4n) is 0.762. The van der Waals surface area contributed by atoms with E-state index in [0.29, 0.717) is 6.61 Å². The van der Waals surface area contributed by atoms with Gasteiger partial charge in [-0.25, -0.2) is 0 Å². The lowest BCUT2D eigenvalue weighted by Gasteiger charge is -2.11. The van der Waals surface area contributed by atoms with Crippen molar-refractivity contribution in [3.63, 3.8) is 0 Å². The molecule has 0 aromatic heterocycles. The number of ether oxygens (including phenoxy) is 1. The summed E-state index contributed by atoms with van der Waals surface area (Å²) in [5.41, 5.74) is 0.986. The smallest absolute Gasteiger partial charge is 0.108 e. The van der Waals surface area contributed by atoms with Crippen molar-refractivity contribution in [1.82, 2.24) is 0 Å². The summed E-state index contributed by atoms with van der Waals surface area (Å²) in [6, 6.07) is 0. The lowest BCUT2D eigenvalue weighted by molar-refractivity contribution is 0.101. The first-order valence-electron chi connectivity index (χ1n) is 3.75. The maximum Gasteiger partial charge on any atom is 0.108 e. The number of allylic oxidation sites excluding steroid dienone is 1. The number of rotatable bonds is 4. The molecular weight excluding hydrogens is 140 g/mol. The van der Waals surface area contributed by atoms with Crippen molar-refractivity contribution in [1.29, 1.82) is 0 Å². The van der Waals surface area contributed by atoms with E-state index < -0.39 is 0 Å². The highest BCUT2D eigenvalue weighted by atomic mass is 16.5. The number of aliphatic hydroxyl groups is 1. The van der Waals surface area contributed by atoms with E-state index in [0.717, 1.165) is 5.57 Å². The summed E-state index contributed by atoms with van der Waals surface area (Å²) in [6.07, 6.45) is 1.67. The molecule has 0 saturated carbocycles. The van der Waals surface area contributed by atoms with Crippen LogP contribution in [0, 0.1) is 0 Å². The maximum absolute atomic E-state index is 8.81. The molecule has 0 aliphatic heterocycles. The molecule has 1 N–H and O–H groups in total. The Morgan fingerprint density at radius 3 is 2.64 bits per heavy atom. The fraction of sp³-hybridized carbons (Fsp3) is 0.556. The van der Waals surface area contributed by atoms with E-state index in [1.807, 2.05) is 20.8 Å². The van der Waals surface area contributed by atoms with Gasteiger partial charge in [0.2, 0.25) is 0 Å². The number of aliphatic hydroxyl groups excluding tert-OH is 1. The normalized spacial score (nSPS) is 14.6. The van der Waals surface area contributed by atoms with Crippen molar-refractivity contribution in [3.05, 3.63) is 24.0 Å². The van der Waals surface area contributed by atoms with E-state index in [1.165, 1.54) is 0 Å². The first-order valence-corrected chi connectivity index (χ1v) is 3.75. The maximum atomic E-state index is 8.81. The van der Waals surface area contributed by atoms with Crippen LogP contribution in [0.3, 0.4) is 0 Å². The minimum Gasteiger partial charge on any atom is -0.509 e. The Morgan fingerprint density at radius 2 is 2.27 bits per heavy atom. The van der Waals surface area contributed by atoms with Crippen LogP contribution in [0.15, 0.2) is 24.0 Å². The van der Waals surface area contributed by atoms with Crippen LogP contribution in [0.5, 0.6) is 0 Å². The lowest BCUT2D eigenvalue weighted by atomic mass is 10.2. The molecule has 2 nitrogen and oxygen atoms in total. The molecule has 2 heteroatoms. The van der Waals surface area contributed by atoms with Crippen LogP contribution in [0.25, 0.3) is 0 Å². The molecule has 0 radical (unpaired) electrons. The highest BCUT2D eigenvalue weighted by Gasteiger charge is 2.02. The summed E-state index contributed by atoms with van der Waals surface area (Å²) in [6.45, 7) is 9.84. The Morgan fingerprint density at radius 1 is 1.73 bits per heavy atom. The van der Waals surface area contributed by atoms with Gasteiger partial charge in [0, 0.05) is 6.61 Å². The molecule has 0 aromatic rings. The molecule has 1 atom stereocenters. The third-order valence-electron chi connectivity index (χ3n) is 1.45. The molecule has 0 rings (SSSR count). The molecule has 0 fully saturated rings. The molecule has 0 heterocycles. The van der Waals surface area contributed by atoms with Crippen LogP contribution in [0.1, 0.15) is 20.8 Å². The average molecular weight is 156 g/mol. The van der Waals surface area contributed by atoms with Gasteiger partial charge in [0.05, 0.1) is 6.10 Å². The van der Waals surface area contributed by atoms with E-state index in [4.69, 9.17) is 9.84 Å². The molecule has 0 saturated heterocycles. The summed E-state index contributed by atoms with van der Waals surface area (Å²) < 4.78 is 5.28. The summed E-state index contributed by atoms with van der Waals surface area (Å²) >= 11 is 0. The minimum atomic E-state index is 0.0592. The van der Waals surface area contributed by atoms with Gasteiger partial charge in [0.15, 0.2) is 0 Å². The Labute approximate surface area is 68.2 Å². The van der Waals surface area contributed by atoms with Crippen molar-refractivity contribution >= 4 is 0 Å². The van der Waals surface area contributed by atoms with Crippen LogP contribution >= 0.6 is 0 Å². The van der Waals surface area contributed by atoms with Crippen LogP contribution in [0.2, 0.25) is 0 Å². The van der Waals surface area contributed by atoms with Crippen molar-refractivity contribution in [2.45, 2.75) is 26.9 Å². The van der Waals surface area contributed by atoms with Gasteiger partial charge in [-0.1, -0.05) is 6.58 Å². The summed E-state index contributed by atoms with van der Waals surface area (Å²) in [7, 11) is 0. The largest absolute Gasteiger partial charge is 0.509 e. The highest BCUT2D eigenvalue weighted by Crippen LogP contribution is 2.06. The van der Waals surface area contributed by atoms with Crippen LogP contribution in [-0.2, 0) is 4.74 Å². The van der Waals surface area contributed by atoms with Gasteiger partial charge in [-0.15, -0.1) is 0 Å². The number of hydrogen-bond acceptors (Lipinski definition) is 2. The quantitative estimate of drug-likeness (QED) is 0.500. The van der Waals surface area contributed by atoms with Crippen molar-refractivity contribution in [3.8, 4) is 0 Å². The highest BCUT2D eigenvalue weighted by molar-refractivity contribution is 5.15. The Hall–Kier alpha value is -0.760. The topological polar surface area (TPSA) is 29.5 Å². The van der Waals surface area contributed by atoms with Gasteiger partial charge in [0.25, 0.3) is 0 Å². The third-order valence-corrected chi connectivity index (χ3v) is 1.45. The number of hydrogen-bond donors (Lipinski definition) is 1. The molecule has 0 aliphatic carbocycles. The molecule has 64 valence electrons. The minimum absolute atomic E-state index is 0.0592.